The Kier molecular flexibility index (Phi) is 1.05. The van der Waals surface area contributed by atoms with Gasteiger partial charge in [0.25, 0.3) is 0 Å². The zero-order valence-electron chi connectivity index (χ0n) is 7.18. The molecule has 2 atom stereocenters. The maximum Gasteiger partial charge on any atom is 0.224 e. The van der Waals surface area contributed by atoms with Gasteiger partial charge in [0.2, 0.25) is 5.91 Å². The fraction of sp³-hybridized carbons (Fsp3) is 0.889. The van der Waals surface area contributed by atoms with E-state index in [9.17, 15) is 4.79 Å². The molecule has 0 unspecified atom stereocenters. The predicted molar refractivity (Wildman–Crippen MR) is 42.7 cm³/mol. The summed E-state index contributed by atoms with van der Waals surface area (Å²) >= 11 is 0. The van der Waals surface area contributed by atoms with E-state index in [0.717, 1.165) is 18.8 Å². The maximum atomic E-state index is 11.2. The molecule has 0 radical (unpaired) electrons. The first kappa shape index (κ1) is 7.14. The van der Waals surface area contributed by atoms with Gasteiger partial charge in [-0.2, -0.15) is 0 Å². The second-order valence-corrected chi connectivity index (χ2v) is 4.61. The average molecular weight is 153 g/mol. The third-order valence-corrected chi connectivity index (χ3v) is 4.24. The van der Waals surface area contributed by atoms with Crippen molar-refractivity contribution in [2.75, 3.05) is 0 Å². The lowest BCUT2D eigenvalue weighted by atomic mass is 9.50. The minimum Gasteiger partial charge on any atom is -0.369 e. The van der Waals surface area contributed by atoms with E-state index >= 15 is 0 Å². The fourth-order valence-electron chi connectivity index (χ4n) is 3.05. The first-order valence-electron chi connectivity index (χ1n) is 4.31. The van der Waals surface area contributed by atoms with E-state index in [1.807, 2.05) is 0 Å². The summed E-state index contributed by atoms with van der Waals surface area (Å²) in [5.74, 6) is 0.686. The molecule has 0 spiro atoms. The SMILES string of the molecule is CC1(C)[C@@H]2CC[C@@]1(C(N)=O)C2. The topological polar surface area (TPSA) is 43.1 Å². The standard InChI is InChI=1S/C9H15NO/c1-8(2)6-3-4-9(8,5-6)7(10)11/h6H,3-5H2,1-2H3,(H2,10,11)/t6-,9+/m1/s1. The highest BCUT2D eigenvalue weighted by Crippen LogP contribution is 2.70. The lowest BCUT2D eigenvalue weighted by Gasteiger charge is -2.52. The Hall–Kier alpha value is -0.530. The first-order chi connectivity index (χ1) is 5.01. The molecule has 3 fully saturated rings. The molecule has 0 heterocycles. The summed E-state index contributed by atoms with van der Waals surface area (Å²) in [6.45, 7) is 4.36. The summed E-state index contributed by atoms with van der Waals surface area (Å²) in [6.07, 6.45) is 3.28. The number of carbonyl (C=O) groups is 1. The molecule has 2 N–H and O–H groups in total. The van der Waals surface area contributed by atoms with E-state index < -0.39 is 0 Å². The van der Waals surface area contributed by atoms with E-state index in [1.165, 1.54) is 6.42 Å². The number of hydrogen-bond acceptors (Lipinski definition) is 1. The molecule has 0 aromatic carbocycles. The van der Waals surface area contributed by atoms with Crippen LogP contribution in [0.2, 0.25) is 0 Å². The van der Waals surface area contributed by atoms with Gasteiger partial charge in [0.15, 0.2) is 0 Å². The highest BCUT2D eigenvalue weighted by Gasteiger charge is 2.67. The van der Waals surface area contributed by atoms with Crippen molar-refractivity contribution in [3.8, 4) is 0 Å². The van der Waals surface area contributed by atoms with Gasteiger partial charge in [-0.3, -0.25) is 4.79 Å². The molecule has 0 aromatic heterocycles. The van der Waals surface area contributed by atoms with Crippen LogP contribution in [0.5, 0.6) is 0 Å². The van der Waals surface area contributed by atoms with Gasteiger partial charge >= 0.3 is 0 Å². The highest BCUT2D eigenvalue weighted by molar-refractivity contribution is 5.84. The van der Waals surface area contributed by atoms with Gasteiger partial charge in [-0.15, -0.1) is 0 Å². The molecule has 62 valence electrons. The molecular formula is C9H15NO. The van der Waals surface area contributed by atoms with E-state index in [0.29, 0.717) is 0 Å². The van der Waals surface area contributed by atoms with Gasteiger partial charge in [-0.05, 0) is 30.6 Å². The Balaban J connectivity index is 2.36. The summed E-state index contributed by atoms with van der Waals surface area (Å²) in [5, 5.41) is 0. The number of primary amides is 1. The molecule has 3 aliphatic rings. The van der Waals surface area contributed by atoms with E-state index in [4.69, 9.17) is 5.73 Å². The Morgan fingerprint density at radius 3 is 2.36 bits per heavy atom. The Morgan fingerprint density at radius 1 is 1.55 bits per heavy atom. The number of amides is 1. The number of fused-ring (bicyclic) bond motifs is 1. The summed E-state index contributed by atoms with van der Waals surface area (Å²) in [6, 6.07) is 0. The third-order valence-electron chi connectivity index (χ3n) is 4.24. The molecular weight excluding hydrogens is 138 g/mol. The zero-order valence-corrected chi connectivity index (χ0v) is 7.18. The summed E-state index contributed by atoms with van der Waals surface area (Å²) < 4.78 is 0. The van der Waals surface area contributed by atoms with Crippen molar-refractivity contribution in [2.24, 2.45) is 22.5 Å². The van der Waals surface area contributed by atoms with Crippen LogP contribution in [-0.4, -0.2) is 5.91 Å². The highest BCUT2D eigenvalue weighted by atomic mass is 16.1. The van der Waals surface area contributed by atoms with Crippen LogP contribution >= 0.6 is 0 Å². The number of hydrogen-bond donors (Lipinski definition) is 1. The van der Waals surface area contributed by atoms with Crippen molar-refractivity contribution < 1.29 is 4.79 Å². The minimum absolute atomic E-state index is 0.0729. The second kappa shape index (κ2) is 1.62. The van der Waals surface area contributed by atoms with Crippen LogP contribution in [0.15, 0.2) is 0 Å². The normalized spacial score (nSPS) is 45.1. The van der Waals surface area contributed by atoms with Crippen LogP contribution in [0.1, 0.15) is 33.1 Å². The lowest BCUT2D eigenvalue weighted by Crippen LogP contribution is -2.55. The van der Waals surface area contributed by atoms with Crippen molar-refractivity contribution in [1.82, 2.24) is 0 Å². The molecule has 0 saturated heterocycles. The molecule has 2 bridgehead atoms. The number of rotatable bonds is 1. The van der Waals surface area contributed by atoms with Crippen molar-refractivity contribution >= 4 is 5.91 Å². The number of nitrogens with two attached hydrogens (primary N) is 1. The smallest absolute Gasteiger partial charge is 0.224 e. The fourth-order valence-corrected chi connectivity index (χ4v) is 3.05. The quantitative estimate of drug-likeness (QED) is 0.606. The molecule has 2 nitrogen and oxygen atoms in total. The Labute approximate surface area is 67.1 Å². The monoisotopic (exact) mass is 153 g/mol. The molecule has 1 amide bonds. The van der Waals surface area contributed by atoms with Crippen molar-refractivity contribution in [3.05, 3.63) is 0 Å². The number of carbonyl (C=O) groups excluding carboxylic acids is 1. The molecule has 11 heavy (non-hydrogen) atoms. The van der Waals surface area contributed by atoms with E-state index in [1.54, 1.807) is 0 Å². The summed E-state index contributed by atoms with van der Waals surface area (Å²) in [7, 11) is 0. The molecule has 3 rings (SSSR count). The van der Waals surface area contributed by atoms with Crippen LogP contribution in [0, 0.1) is 16.7 Å². The van der Waals surface area contributed by atoms with Crippen LogP contribution < -0.4 is 5.73 Å². The van der Waals surface area contributed by atoms with Crippen LogP contribution in [0.4, 0.5) is 0 Å². The molecule has 2 heteroatoms. The summed E-state index contributed by atoms with van der Waals surface area (Å²) in [5.41, 5.74) is 5.47. The summed E-state index contributed by atoms with van der Waals surface area (Å²) in [4.78, 5) is 11.2. The zero-order chi connectivity index (χ0) is 8.28. The van der Waals surface area contributed by atoms with Gasteiger partial charge in [0, 0.05) is 0 Å². The Morgan fingerprint density at radius 2 is 2.18 bits per heavy atom. The van der Waals surface area contributed by atoms with Gasteiger partial charge in [-0.25, -0.2) is 0 Å². The molecule has 0 aromatic rings. The van der Waals surface area contributed by atoms with Crippen LogP contribution in [0.3, 0.4) is 0 Å². The van der Waals surface area contributed by atoms with Crippen LogP contribution in [-0.2, 0) is 4.79 Å². The van der Waals surface area contributed by atoms with Gasteiger partial charge in [-0.1, -0.05) is 13.8 Å². The van der Waals surface area contributed by atoms with Gasteiger partial charge in [0.1, 0.15) is 0 Å². The lowest BCUT2D eigenvalue weighted by molar-refractivity contribution is -0.147. The van der Waals surface area contributed by atoms with Crippen molar-refractivity contribution in [2.45, 2.75) is 33.1 Å². The molecule has 3 saturated carbocycles. The van der Waals surface area contributed by atoms with Crippen molar-refractivity contribution in [1.29, 1.82) is 0 Å². The van der Waals surface area contributed by atoms with Gasteiger partial charge < -0.3 is 5.73 Å². The van der Waals surface area contributed by atoms with Gasteiger partial charge in [0.05, 0.1) is 5.41 Å². The molecule has 3 aliphatic carbocycles. The largest absolute Gasteiger partial charge is 0.369 e. The van der Waals surface area contributed by atoms with E-state index in [-0.39, 0.29) is 16.7 Å². The molecule has 0 aliphatic heterocycles. The average Bonchev–Trinajstić information content (AvgIpc) is 2.40. The first-order valence-corrected chi connectivity index (χ1v) is 4.31. The Bertz CT molecular complexity index is 218. The minimum atomic E-state index is -0.127. The van der Waals surface area contributed by atoms with Crippen molar-refractivity contribution in [3.63, 3.8) is 0 Å². The third kappa shape index (κ3) is 0.534. The predicted octanol–water partition coefficient (Wildman–Crippen LogP) is 1.30. The second-order valence-electron chi connectivity index (χ2n) is 4.61. The maximum absolute atomic E-state index is 11.2. The van der Waals surface area contributed by atoms with E-state index in [2.05, 4.69) is 13.8 Å². The van der Waals surface area contributed by atoms with Crippen LogP contribution in [0.25, 0.3) is 0 Å².